The maximum absolute atomic E-state index is 12.4. The Bertz CT molecular complexity index is 890. The van der Waals surface area contributed by atoms with Gasteiger partial charge in [0.25, 0.3) is 0 Å². The summed E-state index contributed by atoms with van der Waals surface area (Å²) < 4.78 is 5.16. The normalized spacial score (nSPS) is 11.0. The quantitative estimate of drug-likeness (QED) is 0.659. The Hall–Kier alpha value is -2.61. The Kier molecular flexibility index (Phi) is 5.72. The van der Waals surface area contributed by atoms with Crippen LogP contribution in [0.3, 0.4) is 0 Å². The molecule has 2 amide bonds. The SMILES string of the molecule is CCCc1nc(CN(CC)C(=O)NCc2nc3ccc(Cl)cc3[nH]2)no1. The summed E-state index contributed by atoms with van der Waals surface area (Å²) in [6.45, 7) is 5.05. The van der Waals surface area contributed by atoms with Gasteiger partial charge in [-0.25, -0.2) is 9.78 Å². The monoisotopic (exact) mass is 376 g/mol. The smallest absolute Gasteiger partial charge is 0.318 e. The largest absolute Gasteiger partial charge is 0.340 e. The molecular formula is C17H21ClN6O2. The van der Waals surface area contributed by atoms with Crippen molar-refractivity contribution in [2.24, 2.45) is 0 Å². The number of nitrogens with one attached hydrogen (secondary N) is 2. The fourth-order valence-corrected chi connectivity index (χ4v) is 2.73. The van der Waals surface area contributed by atoms with Crippen molar-refractivity contribution in [3.8, 4) is 0 Å². The first kappa shape index (κ1) is 18.2. The minimum Gasteiger partial charge on any atom is -0.340 e. The lowest BCUT2D eigenvalue weighted by molar-refractivity contribution is 0.195. The van der Waals surface area contributed by atoms with Crippen LogP contribution in [0, 0.1) is 0 Å². The van der Waals surface area contributed by atoms with E-state index in [2.05, 4.69) is 25.4 Å². The van der Waals surface area contributed by atoms with Gasteiger partial charge >= 0.3 is 6.03 Å². The molecule has 3 rings (SSSR count). The van der Waals surface area contributed by atoms with Gasteiger partial charge in [-0.1, -0.05) is 23.7 Å². The minimum atomic E-state index is -0.215. The summed E-state index contributed by atoms with van der Waals surface area (Å²) in [5.41, 5.74) is 1.64. The van der Waals surface area contributed by atoms with Crippen LogP contribution in [0.1, 0.15) is 37.8 Å². The molecule has 138 valence electrons. The number of hydrogen-bond donors (Lipinski definition) is 2. The number of aromatic nitrogens is 4. The number of benzene rings is 1. The molecular weight excluding hydrogens is 356 g/mol. The lowest BCUT2D eigenvalue weighted by Gasteiger charge is -2.19. The first-order chi connectivity index (χ1) is 12.6. The summed E-state index contributed by atoms with van der Waals surface area (Å²) in [5.74, 6) is 1.76. The summed E-state index contributed by atoms with van der Waals surface area (Å²) >= 11 is 5.97. The molecule has 0 aliphatic heterocycles. The number of nitrogens with zero attached hydrogens (tertiary/aromatic N) is 4. The molecule has 2 N–H and O–H groups in total. The molecule has 3 aromatic rings. The highest BCUT2D eigenvalue weighted by Crippen LogP contribution is 2.17. The summed E-state index contributed by atoms with van der Waals surface area (Å²) in [7, 11) is 0. The van der Waals surface area contributed by atoms with Crippen molar-refractivity contribution in [2.45, 2.75) is 39.8 Å². The van der Waals surface area contributed by atoms with Crippen LogP contribution in [-0.2, 0) is 19.5 Å². The van der Waals surface area contributed by atoms with Gasteiger partial charge in [-0.15, -0.1) is 0 Å². The van der Waals surface area contributed by atoms with E-state index in [4.69, 9.17) is 16.1 Å². The van der Waals surface area contributed by atoms with Crippen molar-refractivity contribution >= 4 is 28.7 Å². The molecule has 1 aromatic carbocycles. The summed E-state index contributed by atoms with van der Waals surface area (Å²) in [4.78, 5) is 25.9. The Morgan fingerprint density at radius 1 is 1.35 bits per heavy atom. The van der Waals surface area contributed by atoms with Gasteiger partial charge in [-0.3, -0.25) is 0 Å². The predicted molar refractivity (Wildman–Crippen MR) is 97.7 cm³/mol. The van der Waals surface area contributed by atoms with Crippen LogP contribution in [0.15, 0.2) is 22.7 Å². The standard InChI is InChI=1S/C17H21ClN6O2/c1-3-5-16-22-15(23-26-16)10-24(4-2)17(25)19-9-14-20-12-7-6-11(18)8-13(12)21-14/h6-8H,3-5,9-10H2,1-2H3,(H,19,25)(H,20,21). The second-order valence-electron chi connectivity index (χ2n) is 5.87. The molecule has 2 heterocycles. The molecule has 0 aliphatic rings. The van der Waals surface area contributed by atoms with Crippen molar-refractivity contribution in [1.29, 1.82) is 0 Å². The third-order valence-corrected chi connectivity index (χ3v) is 4.11. The number of carbonyl (C=O) groups is 1. The minimum absolute atomic E-state index is 0.215. The summed E-state index contributed by atoms with van der Waals surface area (Å²) in [6, 6.07) is 5.20. The zero-order chi connectivity index (χ0) is 18.5. The number of aryl methyl sites for hydroxylation is 1. The molecule has 26 heavy (non-hydrogen) atoms. The van der Waals surface area contributed by atoms with Crippen molar-refractivity contribution in [2.75, 3.05) is 6.54 Å². The van der Waals surface area contributed by atoms with E-state index in [1.54, 1.807) is 17.0 Å². The van der Waals surface area contributed by atoms with E-state index in [0.717, 1.165) is 23.9 Å². The van der Waals surface area contributed by atoms with Crippen LogP contribution in [0.25, 0.3) is 11.0 Å². The van der Waals surface area contributed by atoms with Crippen LogP contribution >= 0.6 is 11.6 Å². The van der Waals surface area contributed by atoms with Gasteiger partial charge < -0.3 is 19.7 Å². The maximum atomic E-state index is 12.4. The zero-order valence-corrected chi connectivity index (χ0v) is 15.5. The van der Waals surface area contributed by atoms with Crippen molar-refractivity contribution in [3.63, 3.8) is 0 Å². The highest BCUT2D eigenvalue weighted by atomic mass is 35.5. The van der Waals surface area contributed by atoms with E-state index in [9.17, 15) is 4.79 Å². The summed E-state index contributed by atoms with van der Waals surface area (Å²) in [5, 5.41) is 7.41. The molecule has 0 radical (unpaired) electrons. The van der Waals surface area contributed by atoms with Crippen molar-refractivity contribution < 1.29 is 9.32 Å². The van der Waals surface area contributed by atoms with Gasteiger partial charge in [0.15, 0.2) is 5.82 Å². The number of urea groups is 1. The third-order valence-electron chi connectivity index (χ3n) is 3.88. The van der Waals surface area contributed by atoms with E-state index in [-0.39, 0.29) is 12.6 Å². The number of aromatic amines is 1. The molecule has 0 bridgehead atoms. The number of carbonyl (C=O) groups excluding carboxylic acids is 1. The van der Waals surface area contributed by atoms with Crippen LogP contribution in [0.2, 0.25) is 5.02 Å². The van der Waals surface area contributed by atoms with Crippen LogP contribution in [0.5, 0.6) is 0 Å². The Morgan fingerprint density at radius 2 is 2.19 bits per heavy atom. The highest BCUT2D eigenvalue weighted by molar-refractivity contribution is 6.31. The maximum Gasteiger partial charge on any atom is 0.318 e. The zero-order valence-electron chi connectivity index (χ0n) is 14.8. The number of imidazole rings is 1. The number of amides is 2. The number of fused-ring (bicyclic) bond motifs is 1. The molecule has 0 aliphatic carbocycles. The van der Waals surface area contributed by atoms with Crippen LogP contribution < -0.4 is 5.32 Å². The van der Waals surface area contributed by atoms with Gasteiger partial charge in [-0.05, 0) is 31.5 Å². The Morgan fingerprint density at radius 3 is 2.96 bits per heavy atom. The molecule has 9 heteroatoms. The second-order valence-corrected chi connectivity index (χ2v) is 6.31. The first-order valence-electron chi connectivity index (χ1n) is 8.57. The average molecular weight is 377 g/mol. The van der Waals surface area contributed by atoms with Crippen LogP contribution in [0.4, 0.5) is 4.79 Å². The van der Waals surface area contributed by atoms with Crippen molar-refractivity contribution in [3.05, 3.63) is 40.8 Å². The Balaban J connectivity index is 1.59. The second kappa shape index (κ2) is 8.18. The van der Waals surface area contributed by atoms with Gasteiger partial charge in [0, 0.05) is 18.0 Å². The Labute approximate surface area is 155 Å². The van der Waals surface area contributed by atoms with Gasteiger partial charge in [-0.2, -0.15) is 4.98 Å². The molecule has 0 saturated heterocycles. The molecule has 2 aromatic heterocycles. The topological polar surface area (TPSA) is 99.9 Å². The van der Waals surface area contributed by atoms with E-state index in [1.807, 2.05) is 19.9 Å². The van der Waals surface area contributed by atoms with Crippen molar-refractivity contribution in [1.82, 2.24) is 30.3 Å². The summed E-state index contributed by atoms with van der Waals surface area (Å²) in [6.07, 6.45) is 1.67. The van der Waals surface area contributed by atoms with Gasteiger partial charge in [0.05, 0.1) is 24.1 Å². The number of H-pyrrole nitrogens is 1. The third kappa shape index (κ3) is 4.32. The molecule has 0 unspecified atom stereocenters. The predicted octanol–water partition coefficient (Wildman–Crippen LogP) is 3.28. The van der Waals surface area contributed by atoms with Gasteiger partial charge in [0.1, 0.15) is 5.82 Å². The van der Waals surface area contributed by atoms with E-state index in [1.165, 1.54) is 0 Å². The van der Waals surface area contributed by atoms with E-state index < -0.39 is 0 Å². The van der Waals surface area contributed by atoms with Crippen LogP contribution in [-0.4, -0.2) is 37.6 Å². The van der Waals surface area contributed by atoms with Gasteiger partial charge in [0.2, 0.25) is 5.89 Å². The lowest BCUT2D eigenvalue weighted by Crippen LogP contribution is -2.39. The molecule has 0 spiro atoms. The number of rotatable bonds is 7. The number of hydrogen-bond acceptors (Lipinski definition) is 5. The van der Waals surface area contributed by atoms with E-state index >= 15 is 0 Å². The highest BCUT2D eigenvalue weighted by Gasteiger charge is 2.16. The first-order valence-corrected chi connectivity index (χ1v) is 8.95. The molecule has 0 fully saturated rings. The number of halogens is 1. The van der Waals surface area contributed by atoms with E-state index in [0.29, 0.717) is 35.7 Å². The molecule has 8 nitrogen and oxygen atoms in total. The molecule has 0 saturated carbocycles. The average Bonchev–Trinajstić information content (AvgIpc) is 3.23. The lowest BCUT2D eigenvalue weighted by atomic mass is 10.3. The fraction of sp³-hybridized carbons (Fsp3) is 0.412. The fourth-order valence-electron chi connectivity index (χ4n) is 2.56. The molecule has 0 atom stereocenters.